The van der Waals surface area contributed by atoms with E-state index in [2.05, 4.69) is 101 Å². The lowest BCUT2D eigenvalue weighted by molar-refractivity contribution is 0.123. The lowest BCUT2D eigenvalue weighted by atomic mass is 9.81. The predicted octanol–water partition coefficient (Wildman–Crippen LogP) is 6.96. The van der Waals surface area contributed by atoms with E-state index in [4.69, 9.17) is 9.47 Å². The van der Waals surface area contributed by atoms with Crippen LogP contribution >= 0.6 is 0 Å². The van der Waals surface area contributed by atoms with Gasteiger partial charge in [0.05, 0.1) is 13.2 Å². The first-order valence-corrected chi connectivity index (χ1v) is 14.0. The molecule has 0 aromatic heterocycles. The molecule has 1 unspecified atom stereocenters. The maximum Gasteiger partial charge on any atom is 0.143 e. The van der Waals surface area contributed by atoms with Gasteiger partial charge in [-0.2, -0.15) is 0 Å². The maximum absolute atomic E-state index is 6.91. The zero-order chi connectivity index (χ0) is 25.3. The minimum absolute atomic E-state index is 0.141. The molecule has 7 rings (SSSR count). The van der Waals surface area contributed by atoms with Crippen LogP contribution in [0.2, 0.25) is 0 Å². The van der Waals surface area contributed by atoms with E-state index < -0.39 is 0 Å². The molecule has 0 amide bonds. The summed E-state index contributed by atoms with van der Waals surface area (Å²) in [5, 5.41) is 6.05. The van der Waals surface area contributed by atoms with Gasteiger partial charge in [-0.1, -0.05) is 78.9 Å². The maximum atomic E-state index is 6.91. The molecular weight excluding hydrogens is 468 g/mol. The Bertz CT molecular complexity index is 1470. The zero-order valence-electron chi connectivity index (χ0n) is 21.7. The number of hydrogen-bond acceptors (Lipinski definition) is 4. The van der Waals surface area contributed by atoms with Crippen molar-refractivity contribution < 1.29 is 9.47 Å². The number of morpholine rings is 1. The molecule has 3 aliphatic rings. The molecule has 0 spiro atoms. The Labute approximate surface area is 224 Å². The number of nitrogens with zero attached hydrogens (tertiary/aromatic N) is 1. The van der Waals surface area contributed by atoms with E-state index in [0.717, 1.165) is 45.1 Å². The van der Waals surface area contributed by atoms with E-state index in [1.165, 1.54) is 57.1 Å². The van der Waals surface area contributed by atoms with Crippen molar-refractivity contribution in [1.29, 1.82) is 0 Å². The number of rotatable bonds is 4. The average molecular weight is 503 g/mol. The Kier molecular flexibility index (Phi) is 6.36. The van der Waals surface area contributed by atoms with Crippen LogP contribution in [0.5, 0.6) is 5.75 Å². The molecule has 0 aliphatic carbocycles. The highest BCUT2D eigenvalue weighted by molar-refractivity contribution is 6.02. The van der Waals surface area contributed by atoms with Crippen molar-refractivity contribution in [1.82, 2.24) is 5.32 Å². The van der Waals surface area contributed by atoms with Gasteiger partial charge >= 0.3 is 0 Å². The highest BCUT2D eigenvalue weighted by atomic mass is 16.5. The first kappa shape index (κ1) is 23.5. The SMILES string of the molecule is C1=CC(c2cccc(C3CCNCC3)c2-c2ccccc2)Oc2cc(N3CCOCC3)c3ccccc3c21. The van der Waals surface area contributed by atoms with E-state index in [9.17, 15) is 0 Å². The lowest BCUT2D eigenvalue weighted by Gasteiger charge is -2.32. The molecule has 4 aromatic rings. The van der Waals surface area contributed by atoms with Crippen LogP contribution in [-0.4, -0.2) is 39.4 Å². The summed E-state index contributed by atoms with van der Waals surface area (Å²) < 4.78 is 12.6. The van der Waals surface area contributed by atoms with Crippen LogP contribution < -0.4 is 15.0 Å². The summed E-state index contributed by atoms with van der Waals surface area (Å²) in [5.74, 6) is 1.52. The van der Waals surface area contributed by atoms with Gasteiger partial charge in [0.2, 0.25) is 0 Å². The molecule has 2 saturated heterocycles. The van der Waals surface area contributed by atoms with Gasteiger partial charge in [-0.15, -0.1) is 0 Å². The highest BCUT2D eigenvalue weighted by Crippen LogP contribution is 2.45. The van der Waals surface area contributed by atoms with Crippen LogP contribution in [-0.2, 0) is 4.74 Å². The van der Waals surface area contributed by atoms with Crippen molar-refractivity contribution in [2.45, 2.75) is 24.9 Å². The fourth-order valence-corrected chi connectivity index (χ4v) is 6.45. The topological polar surface area (TPSA) is 33.7 Å². The standard InChI is InChI=1S/C34H34N2O2/c1-2-7-25(8-3-1)34-26(24-15-17-35-18-16-24)11-6-12-30(34)32-14-13-29-27-9-4-5-10-28(27)31(23-33(29)38-32)36-19-21-37-22-20-36/h1-14,23-24,32,35H,15-22H2. The molecule has 4 aromatic carbocycles. The van der Waals surface area contributed by atoms with Gasteiger partial charge in [0.25, 0.3) is 0 Å². The molecule has 0 radical (unpaired) electrons. The predicted molar refractivity (Wildman–Crippen MR) is 156 cm³/mol. The molecule has 1 N–H and O–H groups in total. The van der Waals surface area contributed by atoms with Gasteiger partial charge in [-0.05, 0) is 60.0 Å². The Morgan fingerprint density at radius 1 is 0.763 bits per heavy atom. The van der Waals surface area contributed by atoms with Crippen molar-refractivity contribution in [2.75, 3.05) is 44.3 Å². The number of hydrogen-bond donors (Lipinski definition) is 1. The monoisotopic (exact) mass is 502 g/mol. The van der Waals surface area contributed by atoms with E-state index >= 15 is 0 Å². The summed E-state index contributed by atoms with van der Waals surface area (Å²) in [4.78, 5) is 2.44. The number of nitrogens with one attached hydrogen (secondary N) is 1. The largest absolute Gasteiger partial charge is 0.481 e. The van der Waals surface area contributed by atoms with E-state index in [0.29, 0.717) is 5.92 Å². The summed E-state index contributed by atoms with van der Waals surface area (Å²) in [7, 11) is 0. The smallest absolute Gasteiger partial charge is 0.143 e. The quantitative estimate of drug-likeness (QED) is 0.327. The molecule has 4 nitrogen and oxygen atoms in total. The van der Waals surface area contributed by atoms with Crippen molar-refractivity contribution in [3.8, 4) is 16.9 Å². The van der Waals surface area contributed by atoms with Crippen LogP contribution in [0.3, 0.4) is 0 Å². The first-order chi connectivity index (χ1) is 18.9. The molecule has 38 heavy (non-hydrogen) atoms. The zero-order valence-corrected chi connectivity index (χ0v) is 21.7. The summed E-state index contributed by atoms with van der Waals surface area (Å²) in [6.07, 6.45) is 6.72. The fourth-order valence-electron chi connectivity index (χ4n) is 6.45. The molecule has 3 aliphatic heterocycles. The Morgan fingerprint density at radius 2 is 1.50 bits per heavy atom. The molecule has 192 valence electrons. The van der Waals surface area contributed by atoms with E-state index in [1.54, 1.807) is 0 Å². The molecule has 2 fully saturated rings. The second kappa shape index (κ2) is 10.3. The summed E-state index contributed by atoms with van der Waals surface area (Å²) in [6, 6.07) is 28.7. The third kappa shape index (κ3) is 4.28. The molecule has 1 atom stereocenters. The van der Waals surface area contributed by atoms with Crippen LogP contribution in [0.4, 0.5) is 5.69 Å². The molecule has 4 heteroatoms. The van der Waals surface area contributed by atoms with Crippen LogP contribution in [0, 0.1) is 0 Å². The Morgan fingerprint density at radius 3 is 2.32 bits per heavy atom. The number of benzene rings is 4. The Balaban J connectivity index is 1.33. The van der Waals surface area contributed by atoms with E-state index in [-0.39, 0.29) is 6.10 Å². The number of fused-ring (bicyclic) bond motifs is 3. The molecular formula is C34H34N2O2. The van der Waals surface area contributed by atoms with Crippen molar-refractivity contribution in [3.63, 3.8) is 0 Å². The normalized spacial score (nSPS) is 19.8. The molecule has 3 heterocycles. The van der Waals surface area contributed by atoms with Crippen LogP contribution in [0.25, 0.3) is 28.0 Å². The first-order valence-electron chi connectivity index (χ1n) is 14.0. The highest BCUT2D eigenvalue weighted by Gasteiger charge is 2.27. The lowest BCUT2D eigenvalue weighted by Crippen LogP contribution is -2.36. The third-order valence-corrected chi connectivity index (χ3v) is 8.35. The summed E-state index contributed by atoms with van der Waals surface area (Å²) in [6.45, 7) is 5.48. The van der Waals surface area contributed by atoms with Gasteiger partial charge < -0.3 is 19.7 Å². The van der Waals surface area contributed by atoms with E-state index in [1.807, 2.05) is 0 Å². The summed E-state index contributed by atoms with van der Waals surface area (Å²) >= 11 is 0. The minimum Gasteiger partial charge on any atom is -0.481 e. The van der Waals surface area contributed by atoms with Gasteiger partial charge in [-0.25, -0.2) is 0 Å². The summed E-state index contributed by atoms with van der Waals surface area (Å²) in [5.41, 5.74) is 7.72. The second-order valence-electron chi connectivity index (χ2n) is 10.6. The second-order valence-corrected chi connectivity index (χ2v) is 10.6. The van der Waals surface area contributed by atoms with Crippen LogP contribution in [0.1, 0.15) is 41.6 Å². The number of ether oxygens (including phenoxy) is 2. The Hall–Kier alpha value is -3.60. The fraction of sp³-hybridized carbons (Fsp3) is 0.294. The van der Waals surface area contributed by atoms with Crippen molar-refractivity contribution in [3.05, 3.63) is 102 Å². The molecule has 0 saturated carbocycles. The van der Waals surface area contributed by atoms with Crippen molar-refractivity contribution >= 4 is 22.5 Å². The van der Waals surface area contributed by atoms with Crippen molar-refractivity contribution in [2.24, 2.45) is 0 Å². The van der Waals surface area contributed by atoms with Gasteiger partial charge in [0, 0.05) is 41.4 Å². The minimum atomic E-state index is -0.141. The van der Waals surface area contributed by atoms with Crippen LogP contribution in [0.15, 0.2) is 84.9 Å². The van der Waals surface area contributed by atoms with Gasteiger partial charge in [-0.3, -0.25) is 0 Å². The average Bonchev–Trinajstić information content (AvgIpc) is 3.01. The third-order valence-electron chi connectivity index (χ3n) is 8.35. The van der Waals surface area contributed by atoms with Gasteiger partial charge in [0.15, 0.2) is 0 Å². The molecule has 0 bridgehead atoms. The number of piperidine rings is 1. The number of anilines is 1. The van der Waals surface area contributed by atoms with Gasteiger partial charge in [0.1, 0.15) is 11.9 Å².